The van der Waals surface area contributed by atoms with E-state index in [1.165, 1.54) is 12.8 Å². The van der Waals surface area contributed by atoms with Gasteiger partial charge in [-0.2, -0.15) is 0 Å². The van der Waals surface area contributed by atoms with Gasteiger partial charge in [0.1, 0.15) is 0 Å². The van der Waals surface area contributed by atoms with E-state index in [1.807, 2.05) is 0 Å². The first-order chi connectivity index (χ1) is 8.88. The molecule has 0 aromatic rings. The summed E-state index contributed by atoms with van der Waals surface area (Å²) in [4.78, 5) is 0. The van der Waals surface area contributed by atoms with Crippen LogP contribution in [0.15, 0.2) is 0 Å². The molecule has 5 aliphatic carbocycles. The van der Waals surface area contributed by atoms with Crippen molar-refractivity contribution in [1.82, 2.24) is 5.32 Å². The molecular formula is C17H27N. The maximum absolute atomic E-state index is 4.15. The first kappa shape index (κ1) is 10.7. The zero-order chi connectivity index (χ0) is 11.7. The second-order valence-electron chi connectivity index (χ2n) is 8.21. The van der Waals surface area contributed by atoms with Gasteiger partial charge in [0, 0.05) is 12.1 Å². The Balaban J connectivity index is 1.29. The highest BCUT2D eigenvalue weighted by Crippen LogP contribution is 2.59. The van der Waals surface area contributed by atoms with Gasteiger partial charge >= 0.3 is 0 Å². The van der Waals surface area contributed by atoms with Crippen molar-refractivity contribution in [2.75, 3.05) is 0 Å². The Kier molecular flexibility index (Phi) is 2.23. The molecule has 0 aromatic heterocycles. The van der Waals surface area contributed by atoms with Crippen molar-refractivity contribution in [2.45, 2.75) is 69.9 Å². The number of hydrogen-bond acceptors (Lipinski definition) is 1. The van der Waals surface area contributed by atoms with Crippen LogP contribution < -0.4 is 5.32 Å². The van der Waals surface area contributed by atoms with Crippen LogP contribution in [-0.2, 0) is 0 Å². The second-order valence-corrected chi connectivity index (χ2v) is 8.21. The van der Waals surface area contributed by atoms with Crippen LogP contribution in [0.4, 0.5) is 0 Å². The molecule has 0 aliphatic heterocycles. The van der Waals surface area contributed by atoms with Crippen LogP contribution in [0.25, 0.3) is 0 Å². The monoisotopic (exact) mass is 245 g/mol. The molecule has 1 heteroatoms. The third-order valence-corrected chi connectivity index (χ3v) is 7.59. The minimum Gasteiger partial charge on any atom is -0.311 e. The lowest BCUT2D eigenvalue weighted by molar-refractivity contribution is 0.183. The van der Waals surface area contributed by atoms with Crippen LogP contribution in [0, 0.1) is 35.5 Å². The van der Waals surface area contributed by atoms with E-state index >= 15 is 0 Å². The van der Waals surface area contributed by atoms with Crippen LogP contribution in [0.2, 0.25) is 0 Å². The molecular weight excluding hydrogens is 218 g/mol. The Morgan fingerprint density at radius 1 is 0.611 bits per heavy atom. The lowest BCUT2D eigenvalue weighted by Crippen LogP contribution is -2.46. The summed E-state index contributed by atoms with van der Waals surface area (Å²) >= 11 is 0. The van der Waals surface area contributed by atoms with E-state index in [4.69, 9.17) is 0 Å². The van der Waals surface area contributed by atoms with E-state index in [0.717, 1.165) is 47.6 Å². The maximum Gasteiger partial charge on any atom is 0.0104 e. The average molecular weight is 245 g/mol. The van der Waals surface area contributed by atoms with Gasteiger partial charge in [-0.05, 0) is 80.5 Å². The van der Waals surface area contributed by atoms with Crippen molar-refractivity contribution in [2.24, 2.45) is 35.5 Å². The van der Waals surface area contributed by atoms with Crippen LogP contribution in [0.5, 0.6) is 0 Å². The predicted octanol–water partition coefficient (Wildman–Crippen LogP) is 3.59. The van der Waals surface area contributed by atoms with Gasteiger partial charge in [0.2, 0.25) is 0 Å². The van der Waals surface area contributed by atoms with Crippen LogP contribution in [0.3, 0.4) is 0 Å². The van der Waals surface area contributed by atoms with Crippen molar-refractivity contribution in [3.05, 3.63) is 0 Å². The van der Waals surface area contributed by atoms with Gasteiger partial charge in [0.15, 0.2) is 0 Å². The molecule has 5 saturated carbocycles. The number of nitrogens with one attached hydrogen (secondary N) is 1. The molecule has 4 bridgehead atoms. The molecule has 0 saturated heterocycles. The molecule has 5 fully saturated rings. The first-order valence-electron chi connectivity index (χ1n) is 8.64. The molecule has 0 aromatic carbocycles. The standard InChI is InChI=1S/C17H27N/c1-2-13-12-8-15(14(13)3-1)17(9-12)18-16-7-10-4-5-11(16)6-10/h10-18H,1-9H2. The van der Waals surface area contributed by atoms with E-state index in [0.29, 0.717) is 0 Å². The summed E-state index contributed by atoms with van der Waals surface area (Å²) in [6.07, 6.45) is 14.0. The Bertz CT molecular complexity index is 352. The highest BCUT2D eigenvalue weighted by atomic mass is 15.0. The molecule has 1 N–H and O–H groups in total. The minimum absolute atomic E-state index is 0.924. The molecule has 8 unspecified atom stereocenters. The van der Waals surface area contributed by atoms with E-state index in [2.05, 4.69) is 5.32 Å². The Morgan fingerprint density at radius 3 is 2.39 bits per heavy atom. The molecule has 0 amide bonds. The van der Waals surface area contributed by atoms with Crippen molar-refractivity contribution >= 4 is 0 Å². The van der Waals surface area contributed by atoms with Crippen molar-refractivity contribution in [1.29, 1.82) is 0 Å². The number of rotatable bonds is 2. The third-order valence-electron chi connectivity index (χ3n) is 7.59. The fraction of sp³-hybridized carbons (Fsp3) is 1.00. The Labute approximate surface area is 111 Å². The normalized spacial score (nSPS) is 60.7. The van der Waals surface area contributed by atoms with E-state index in [9.17, 15) is 0 Å². The smallest absolute Gasteiger partial charge is 0.0104 e. The fourth-order valence-electron chi connectivity index (χ4n) is 6.98. The summed E-state index contributed by atoms with van der Waals surface area (Å²) in [5, 5.41) is 4.15. The molecule has 5 rings (SSSR count). The van der Waals surface area contributed by atoms with Crippen LogP contribution in [-0.4, -0.2) is 12.1 Å². The predicted molar refractivity (Wildman–Crippen MR) is 73.2 cm³/mol. The Hall–Kier alpha value is -0.0400. The van der Waals surface area contributed by atoms with Gasteiger partial charge in [0.25, 0.3) is 0 Å². The summed E-state index contributed by atoms with van der Waals surface area (Å²) in [5.41, 5.74) is 0. The third kappa shape index (κ3) is 1.38. The minimum atomic E-state index is 0.924. The van der Waals surface area contributed by atoms with E-state index < -0.39 is 0 Å². The topological polar surface area (TPSA) is 12.0 Å². The van der Waals surface area contributed by atoms with E-state index in [-0.39, 0.29) is 0 Å². The molecule has 0 heterocycles. The Morgan fingerprint density at radius 2 is 1.56 bits per heavy atom. The zero-order valence-corrected chi connectivity index (χ0v) is 11.5. The number of fused-ring (bicyclic) bond motifs is 7. The van der Waals surface area contributed by atoms with E-state index in [1.54, 1.807) is 44.9 Å². The lowest BCUT2D eigenvalue weighted by atomic mass is 9.78. The second kappa shape index (κ2) is 3.75. The van der Waals surface area contributed by atoms with Crippen LogP contribution >= 0.6 is 0 Å². The molecule has 100 valence electrons. The van der Waals surface area contributed by atoms with Gasteiger partial charge in [-0.1, -0.05) is 12.8 Å². The maximum atomic E-state index is 4.15. The fourth-order valence-corrected chi connectivity index (χ4v) is 6.98. The largest absolute Gasteiger partial charge is 0.311 e. The molecule has 0 spiro atoms. The summed E-state index contributed by atoms with van der Waals surface area (Å²) in [5.74, 6) is 6.67. The summed E-state index contributed by atoms with van der Waals surface area (Å²) in [6, 6.07) is 1.85. The van der Waals surface area contributed by atoms with Gasteiger partial charge in [-0.3, -0.25) is 0 Å². The summed E-state index contributed by atoms with van der Waals surface area (Å²) < 4.78 is 0. The van der Waals surface area contributed by atoms with Gasteiger partial charge in [-0.15, -0.1) is 0 Å². The van der Waals surface area contributed by atoms with Gasteiger partial charge < -0.3 is 5.32 Å². The molecule has 1 nitrogen and oxygen atoms in total. The summed E-state index contributed by atoms with van der Waals surface area (Å²) in [7, 11) is 0. The molecule has 8 atom stereocenters. The zero-order valence-electron chi connectivity index (χ0n) is 11.5. The number of hydrogen-bond donors (Lipinski definition) is 1. The first-order valence-corrected chi connectivity index (χ1v) is 8.64. The average Bonchev–Trinajstić information content (AvgIpc) is 3.14. The van der Waals surface area contributed by atoms with Crippen molar-refractivity contribution in [3.63, 3.8) is 0 Å². The van der Waals surface area contributed by atoms with Crippen molar-refractivity contribution < 1.29 is 0 Å². The van der Waals surface area contributed by atoms with Crippen LogP contribution in [0.1, 0.15) is 57.8 Å². The highest BCUT2D eigenvalue weighted by molar-refractivity contribution is 5.07. The lowest BCUT2D eigenvalue weighted by Gasteiger charge is -2.36. The quantitative estimate of drug-likeness (QED) is 0.784. The summed E-state index contributed by atoms with van der Waals surface area (Å²) in [6.45, 7) is 0. The van der Waals surface area contributed by atoms with Gasteiger partial charge in [0.05, 0.1) is 0 Å². The molecule has 18 heavy (non-hydrogen) atoms. The molecule has 5 aliphatic rings. The van der Waals surface area contributed by atoms with Crippen molar-refractivity contribution in [3.8, 4) is 0 Å². The highest BCUT2D eigenvalue weighted by Gasteiger charge is 2.54. The SMILES string of the molecule is C1CC2C3CC(NC4CC5CCC4C5)C(C3)C2C1. The van der Waals surface area contributed by atoms with Gasteiger partial charge in [-0.25, -0.2) is 0 Å². The molecule has 0 radical (unpaired) electrons.